The Morgan fingerprint density at radius 1 is 1.26 bits per heavy atom. The first kappa shape index (κ1) is 25.7. The van der Waals surface area contributed by atoms with Crippen LogP contribution < -0.4 is 10.6 Å². The molecule has 2 bridgehead atoms. The minimum atomic E-state index is -0.692. The smallest absolute Gasteiger partial charge is 0.244 e. The van der Waals surface area contributed by atoms with Crippen LogP contribution in [0.5, 0.6) is 0 Å². The predicted octanol–water partition coefficient (Wildman–Crippen LogP) is 0.0691. The van der Waals surface area contributed by atoms with E-state index < -0.39 is 28.7 Å². The summed E-state index contributed by atoms with van der Waals surface area (Å²) in [5.41, 5.74) is 0. The third-order valence-corrected chi connectivity index (χ3v) is 10.7. The minimum Gasteiger partial charge on any atom is -0.394 e. The second kappa shape index (κ2) is 9.95. The van der Waals surface area contributed by atoms with E-state index >= 15 is 0 Å². The van der Waals surface area contributed by atoms with Gasteiger partial charge in [0.2, 0.25) is 17.7 Å². The normalized spacial score (nSPS) is 36.9. The van der Waals surface area contributed by atoms with E-state index in [1.54, 1.807) is 23.7 Å². The van der Waals surface area contributed by atoms with Crippen LogP contribution in [-0.2, 0) is 19.1 Å². The van der Waals surface area contributed by atoms with Gasteiger partial charge in [-0.25, -0.2) is 0 Å². The molecule has 4 aliphatic rings. The van der Waals surface area contributed by atoms with Gasteiger partial charge in [0.25, 0.3) is 0 Å². The van der Waals surface area contributed by atoms with E-state index in [-0.39, 0.29) is 35.0 Å². The van der Waals surface area contributed by atoms with Gasteiger partial charge in [0.1, 0.15) is 6.04 Å². The largest absolute Gasteiger partial charge is 0.394 e. The molecule has 4 heterocycles. The zero-order valence-electron chi connectivity index (χ0n) is 20.8. The third-order valence-electron chi connectivity index (χ3n) is 8.67. The van der Waals surface area contributed by atoms with Gasteiger partial charge < -0.3 is 25.4 Å². The Hall–Kier alpha value is -1.36. The van der Waals surface area contributed by atoms with Crippen LogP contribution in [0.15, 0.2) is 0 Å². The molecule has 4 fully saturated rings. The molecule has 0 aromatic rings. The number of carbonyl (C=O) groups is 3. The van der Waals surface area contributed by atoms with E-state index in [0.717, 1.165) is 38.9 Å². The highest BCUT2D eigenvalue weighted by atomic mass is 32.2. The van der Waals surface area contributed by atoms with Gasteiger partial charge in [0, 0.05) is 38.0 Å². The van der Waals surface area contributed by atoms with Crippen LogP contribution >= 0.6 is 11.8 Å². The van der Waals surface area contributed by atoms with Crippen molar-refractivity contribution in [2.75, 3.05) is 53.0 Å². The Bertz CT molecular complexity index is 808. The average Bonchev–Trinajstić information content (AvgIpc) is 3.40. The van der Waals surface area contributed by atoms with Gasteiger partial charge in [0.15, 0.2) is 0 Å². The summed E-state index contributed by atoms with van der Waals surface area (Å²) in [6.07, 6.45) is 2.29. The van der Waals surface area contributed by atoms with Gasteiger partial charge in [-0.1, -0.05) is 20.3 Å². The van der Waals surface area contributed by atoms with Crippen LogP contribution in [0.2, 0.25) is 0 Å². The molecule has 0 radical (unpaired) electrons. The van der Waals surface area contributed by atoms with E-state index in [2.05, 4.69) is 22.5 Å². The van der Waals surface area contributed by atoms with Gasteiger partial charge in [-0.3, -0.25) is 19.3 Å². The lowest BCUT2D eigenvalue weighted by Crippen LogP contribution is -2.58. The Morgan fingerprint density at radius 3 is 2.59 bits per heavy atom. The van der Waals surface area contributed by atoms with E-state index in [1.807, 2.05) is 13.8 Å². The predicted molar refractivity (Wildman–Crippen MR) is 130 cm³/mol. The van der Waals surface area contributed by atoms with Crippen molar-refractivity contribution in [3.63, 3.8) is 0 Å². The molecule has 0 aliphatic carbocycles. The van der Waals surface area contributed by atoms with E-state index in [4.69, 9.17) is 4.74 Å². The maximum Gasteiger partial charge on any atom is 0.244 e. The lowest BCUT2D eigenvalue weighted by molar-refractivity contribution is -0.144. The van der Waals surface area contributed by atoms with Crippen molar-refractivity contribution in [1.82, 2.24) is 20.4 Å². The van der Waals surface area contributed by atoms with Crippen molar-refractivity contribution in [3.05, 3.63) is 0 Å². The fourth-order valence-corrected chi connectivity index (χ4v) is 8.99. The molecular weight excluding hydrogens is 456 g/mol. The van der Waals surface area contributed by atoms with E-state index in [1.165, 1.54) is 0 Å². The van der Waals surface area contributed by atoms with Gasteiger partial charge in [-0.15, -0.1) is 11.8 Å². The molecule has 192 valence electrons. The van der Waals surface area contributed by atoms with Crippen molar-refractivity contribution < 1.29 is 24.2 Å². The number of fused-ring (bicyclic) bond motifs is 1. The molecule has 3 N–H and O–H groups in total. The van der Waals surface area contributed by atoms with Crippen molar-refractivity contribution in [2.45, 2.75) is 61.6 Å². The molecule has 10 heteroatoms. The highest BCUT2D eigenvalue weighted by Gasteiger charge is 2.77. The van der Waals surface area contributed by atoms with Crippen molar-refractivity contribution in [2.24, 2.45) is 17.8 Å². The number of hydrogen-bond donors (Lipinski definition) is 3. The summed E-state index contributed by atoms with van der Waals surface area (Å²) in [5, 5.41) is 16.2. The Balaban J connectivity index is 1.63. The number of aliphatic hydroxyl groups is 1. The van der Waals surface area contributed by atoms with Crippen molar-refractivity contribution in [3.8, 4) is 0 Å². The quantitative estimate of drug-likeness (QED) is 0.414. The van der Waals surface area contributed by atoms with Crippen LogP contribution in [0.25, 0.3) is 0 Å². The number of rotatable bonds is 9. The molecule has 34 heavy (non-hydrogen) atoms. The number of aliphatic hydroxyl groups excluding tert-OH is 1. The number of amides is 3. The van der Waals surface area contributed by atoms with E-state index in [0.29, 0.717) is 19.8 Å². The second-order valence-corrected chi connectivity index (χ2v) is 12.4. The van der Waals surface area contributed by atoms with Crippen molar-refractivity contribution in [1.29, 1.82) is 0 Å². The summed E-state index contributed by atoms with van der Waals surface area (Å²) in [6.45, 7) is 10.2. The Morgan fingerprint density at radius 2 is 1.97 bits per heavy atom. The zero-order chi connectivity index (χ0) is 24.7. The van der Waals surface area contributed by atoms with Crippen LogP contribution in [0.4, 0.5) is 0 Å². The molecule has 0 saturated carbocycles. The van der Waals surface area contributed by atoms with Gasteiger partial charge in [-0.2, -0.15) is 0 Å². The van der Waals surface area contributed by atoms with Crippen LogP contribution in [0.1, 0.15) is 40.0 Å². The first-order valence-electron chi connectivity index (χ1n) is 12.7. The molecular formula is C24H40N4O5S. The zero-order valence-corrected chi connectivity index (χ0v) is 21.7. The average molecular weight is 497 g/mol. The number of nitrogens with one attached hydrogen (secondary N) is 2. The fourth-order valence-electron chi connectivity index (χ4n) is 6.65. The summed E-state index contributed by atoms with van der Waals surface area (Å²) in [6, 6.07) is -1.15. The number of morpholine rings is 1. The molecule has 0 aromatic carbocycles. The number of likely N-dealkylation sites (tertiary alicyclic amines) is 1. The molecule has 4 saturated heterocycles. The second-order valence-electron chi connectivity index (χ2n) is 10.5. The van der Waals surface area contributed by atoms with Gasteiger partial charge in [-0.05, 0) is 25.7 Å². The number of thioether (sulfide) groups is 1. The summed E-state index contributed by atoms with van der Waals surface area (Å²) >= 11 is 1.66. The Kier molecular flexibility index (Phi) is 7.53. The minimum absolute atomic E-state index is 0.0315. The lowest BCUT2D eigenvalue weighted by atomic mass is 9.66. The summed E-state index contributed by atoms with van der Waals surface area (Å²) < 4.78 is 4.38. The van der Waals surface area contributed by atoms with Crippen molar-refractivity contribution >= 4 is 29.5 Å². The number of hydrogen-bond acceptors (Lipinski definition) is 7. The first-order chi connectivity index (χ1) is 16.2. The summed E-state index contributed by atoms with van der Waals surface area (Å²) in [5.74, 6) is -1.45. The molecule has 9 nitrogen and oxygen atoms in total. The molecule has 4 rings (SSSR count). The number of carbonyl (C=O) groups excluding carboxylic acids is 3. The molecule has 2 unspecified atom stereocenters. The monoisotopic (exact) mass is 496 g/mol. The molecule has 4 aliphatic heterocycles. The van der Waals surface area contributed by atoms with Crippen LogP contribution in [0.3, 0.4) is 0 Å². The maximum absolute atomic E-state index is 14.0. The maximum atomic E-state index is 14.0. The first-order valence-corrected chi connectivity index (χ1v) is 13.5. The summed E-state index contributed by atoms with van der Waals surface area (Å²) in [4.78, 5) is 44.7. The molecule has 7 atom stereocenters. The Labute approximate surface area is 206 Å². The highest BCUT2D eigenvalue weighted by Crippen LogP contribution is 2.71. The molecule has 3 amide bonds. The molecule has 0 aromatic heterocycles. The van der Waals surface area contributed by atoms with Gasteiger partial charge >= 0.3 is 0 Å². The van der Waals surface area contributed by atoms with E-state index in [9.17, 15) is 19.5 Å². The number of nitrogens with zero attached hydrogens (tertiary/aromatic N) is 2. The highest BCUT2D eigenvalue weighted by molar-refractivity contribution is 8.02. The standard InChI is InChI=1S/C24H40N4O5S/c1-5-15(2)16(14-29)28-19(21(31)26-8-9-27-10-12-33-13-11-27)24-7-6-23(3,34-24)17(20(30)25-4)18(24)22(28)32/h15-19,29H,5-14H2,1-4H3,(H,25,30)(H,26,31)/t15-,16-,17-,18-,19?,23+,24?/m0/s1. The summed E-state index contributed by atoms with van der Waals surface area (Å²) in [7, 11) is 1.61. The third kappa shape index (κ3) is 4.04. The van der Waals surface area contributed by atoms with Gasteiger partial charge in [0.05, 0.1) is 42.4 Å². The molecule has 1 spiro atoms. The van der Waals surface area contributed by atoms with Crippen LogP contribution in [-0.4, -0.2) is 107 Å². The van der Waals surface area contributed by atoms with Crippen LogP contribution in [0, 0.1) is 17.8 Å². The fraction of sp³-hybridized carbons (Fsp3) is 0.875. The number of ether oxygens (including phenoxy) is 1. The SMILES string of the molecule is CC[C@H](C)[C@H](CO)N1C(=O)[C@@H]2[C@@H](C(=O)NC)[C@@]3(C)CCC2(S3)C1C(=O)NCCN1CCOCC1. The lowest BCUT2D eigenvalue weighted by Gasteiger charge is -2.39. The topological polar surface area (TPSA) is 111 Å².